The van der Waals surface area contributed by atoms with Crippen LogP contribution in [0.25, 0.3) is 0 Å². The van der Waals surface area contributed by atoms with Gasteiger partial charge in [-0.1, -0.05) is 0 Å². The number of carbonyl (C=O) groups is 2. The van der Waals surface area contributed by atoms with Crippen molar-refractivity contribution < 1.29 is 39.6 Å². The van der Waals surface area contributed by atoms with Crippen molar-refractivity contribution in [1.29, 1.82) is 0 Å². The molecule has 0 rings (SSSR count). The Bertz CT molecular complexity index is 77.3. The number of carboxylic acids is 1. The first kappa shape index (κ1) is 15.6. The van der Waals surface area contributed by atoms with Crippen molar-refractivity contribution in [3.63, 3.8) is 0 Å². The third kappa shape index (κ3) is 9.21. The predicted octanol–water partition coefficient (Wildman–Crippen LogP) is -2.50. The van der Waals surface area contributed by atoms with Crippen molar-refractivity contribution in [2.75, 3.05) is 0 Å². The molecule has 0 saturated heterocycles. The average molecular weight is 170 g/mol. The average Bonchev–Trinajstić information content (AvgIpc) is 1.36. The van der Waals surface area contributed by atoms with Gasteiger partial charge in [0.05, 0.1) is 0 Å². The Morgan fingerprint density at radius 1 is 1.38 bits per heavy atom. The van der Waals surface area contributed by atoms with Crippen molar-refractivity contribution >= 4 is 11.8 Å². The number of carboxylic acid groups (broad SMARTS) is 1. The van der Waals surface area contributed by atoms with E-state index in [9.17, 15) is 14.7 Å². The Hall–Kier alpha value is -0.277. The molecule has 0 aliphatic rings. The Morgan fingerprint density at radius 2 is 1.50 bits per heavy atom. The molecule has 0 spiro atoms. The molecule has 0 aromatic heterocycles. The molecule has 42 valence electrons. The van der Waals surface area contributed by atoms with Crippen LogP contribution in [0.15, 0.2) is 0 Å². The zero-order valence-electron chi connectivity index (χ0n) is 4.43. The Balaban J connectivity index is -0.000000125. The second-order valence-electron chi connectivity index (χ2n) is 0.844. The normalized spacial score (nSPS) is 5.62. The van der Waals surface area contributed by atoms with Gasteiger partial charge in [-0.15, -0.1) is 0 Å². The van der Waals surface area contributed by atoms with Crippen LogP contribution in [0.2, 0.25) is 0 Å². The number of Topliss-reactive ketones (excluding diaryl/α,β-unsaturated/α-hetero) is 1. The fraction of sp³-hybridized carbons (Fsp3) is 0.333. The van der Waals surface area contributed by atoms with Crippen LogP contribution in [0.1, 0.15) is 6.92 Å². The summed E-state index contributed by atoms with van der Waals surface area (Å²) in [4.78, 5) is 18.7. The minimum absolute atomic E-state index is 0. The molecule has 0 aromatic rings. The Kier molecular flexibility index (Phi) is 13.2. The number of rotatable bonds is 1. The summed E-state index contributed by atoms with van der Waals surface area (Å²) in [5.41, 5.74) is 0. The maximum Gasteiger partial charge on any atom is 2.00 e. The standard InChI is InChI=1S/C3H4O3.H2O.Zn/c1-2(4)3(5)6;;/h1H3,(H,5,6);1H2;/q;;+2/p-1. The van der Waals surface area contributed by atoms with Gasteiger partial charge in [-0.3, -0.25) is 4.79 Å². The molecule has 0 radical (unpaired) electrons. The monoisotopic (exact) mass is 169 g/mol. The van der Waals surface area contributed by atoms with Gasteiger partial charge in [0, 0.05) is 6.92 Å². The van der Waals surface area contributed by atoms with Crippen molar-refractivity contribution in [3.05, 3.63) is 0 Å². The van der Waals surface area contributed by atoms with Crippen LogP contribution < -0.4 is 5.11 Å². The zero-order valence-corrected chi connectivity index (χ0v) is 7.40. The molecular weight excluding hydrogens is 165 g/mol. The van der Waals surface area contributed by atoms with Gasteiger partial charge in [0.1, 0.15) is 5.97 Å². The minimum atomic E-state index is -1.63. The van der Waals surface area contributed by atoms with Crippen molar-refractivity contribution in [1.82, 2.24) is 0 Å². The molecule has 5 heteroatoms. The van der Waals surface area contributed by atoms with Crippen LogP contribution in [-0.2, 0) is 29.1 Å². The van der Waals surface area contributed by atoms with E-state index in [4.69, 9.17) is 0 Å². The summed E-state index contributed by atoms with van der Waals surface area (Å²) in [5, 5.41) is 9.24. The molecule has 0 fully saturated rings. The molecule has 2 N–H and O–H groups in total. The first-order valence-electron chi connectivity index (χ1n) is 1.36. The van der Waals surface area contributed by atoms with Crippen molar-refractivity contribution in [2.45, 2.75) is 6.92 Å². The van der Waals surface area contributed by atoms with Crippen LogP contribution >= 0.6 is 0 Å². The van der Waals surface area contributed by atoms with E-state index in [0.717, 1.165) is 6.92 Å². The number of hydrogen-bond acceptors (Lipinski definition) is 3. The summed E-state index contributed by atoms with van der Waals surface area (Å²) in [7, 11) is 0. The molecule has 0 unspecified atom stereocenters. The van der Waals surface area contributed by atoms with Gasteiger partial charge in [0.2, 0.25) is 0 Å². The summed E-state index contributed by atoms with van der Waals surface area (Å²) in [6, 6.07) is 0. The second kappa shape index (κ2) is 6.72. The molecule has 0 aliphatic heterocycles. The zero-order chi connectivity index (χ0) is 5.15. The molecule has 4 nitrogen and oxygen atoms in total. The maximum atomic E-state index is 9.48. The maximum absolute atomic E-state index is 9.48. The van der Waals surface area contributed by atoms with Crippen molar-refractivity contribution in [2.24, 2.45) is 0 Å². The SMILES string of the molecule is CC(=O)C(=O)[O-].O.[Zn+2]. The third-order valence-electron chi connectivity index (χ3n) is 0.287. The van der Waals surface area contributed by atoms with Crippen LogP contribution in [-0.4, -0.2) is 17.2 Å². The smallest absolute Gasteiger partial charge is 0.542 e. The van der Waals surface area contributed by atoms with Crippen LogP contribution in [0, 0.1) is 0 Å². The topological polar surface area (TPSA) is 88.7 Å². The van der Waals surface area contributed by atoms with Crippen LogP contribution in [0.4, 0.5) is 0 Å². The number of carbonyl (C=O) groups excluding carboxylic acids is 2. The third-order valence-corrected chi connectivity index (χ3v) is 0.287. The van der Waals surface area contributed by atoms with Gasteiger partial charge in [-0.25, -0.2) is 0 Å². The quantitative estimate of drug-likeness (QED) is 0.322. The van der Waals surface area contributed by atoms with Gasteiger partial charge in [0.25, 0.3) is 0 Å². The molecule has 0 aliphatic carbocycles. The Labute approximate surface area is 59.0 Å². The van der Waals surface area contributed by atoms with Gasteiger partial charge < -0.3 is 15.4 Å². The molecule has 0 aromatic carbocycles. The van der Waals surface area contributed by atoms with Gasteiger partial charge >= 0.3 is 19.5 Å². The van der Waals surface area contributed by atoms with E-state index in [1.807, 2.05) is 0 Å². The molecule has 0 saturated carbocycles. The fourth-order valence-corrected chi connectivity index (χ4v) is 0. The number of hydrogen-bond donors (Lipinski definition) is 0. The molecular formula is C3H5O4Zn+. The number of aliphatic carboxylic acids is 1. The molecule has 0 atom stereocenters. The molecule has 8 heavy (non-hydrogen) atoms. The van der Waals surface area contributed by atoms with E-state index in [-0.39, 0.29) is 25.0 Å². The summed E-state index contributed by atoms with van der Waals surface area (Å²) in [6.45, 7) is 0.940. The minimum Gasteiger partial charge on any atom is -0.542 e. The summed E-state index contributed by atoms with van der Waals surface area (Å²) < 4.78 is 0. The van der Waals surface area contributed by atoms with Crippen LogP contribution in [0.3, 0.4) is 0 Å². The van der Waals surface area contributed by atoms with E-state index in [0.29, 0.717) is 0 Å². The molecule has 0 bridgehead atoms. The summed E-state index contributed by atoms with van der Waals surface area (Å²) >= 11 is 0. The van der Waals surface area contributed by atoms with E-state index in [1.165, 1.54) is 0 Å². The molecule has 0 heterocycles. The second-order valence-corrected chi connectivity index (χ2v) is 0.844. The van der Waals surface area contributed by atoms with E-state index in [2.05, 4.69) is 0 Å². The van der Waals surface area contributed by atoms with Crippen LogP contribution in [0.5, 0.6) is 0 Å². The first-order chi connectivity index (χ1) is 2.64. The van der Waals surface area contributed by atoms with Gasteiger partial charge in [0.15, 0.2) is 5.78 Å². The largest absolute Gasteiger partial charge is 2.00 e. The van der Waals surface area contributed by atoms with E-state index < -0.39 is 11.8 Å². The molecule has 0 amide bonds. The van der Waals surface area contributed by atoms with Gasteiger partial charge in [-0.05, 0) is 0 Å². The number of ketones is 1. The first-order valence-corrected chi connectivity index (χ1v) is 1.36. The summed E-state index contributed by atoms with van der Waals surface area (Å²) in [6.07, 6.45) is 0. The van der Waals surface area contributed by atoms with Crippen molar-refractivity contribution in [3.8, 4) is 0 Å². The van der Waals surface area contributed by atoms with E-state index in [1.54, 1.807) is 0 Å². The predicted molar refractivity (Wildman–Crippen MR) is 19.3 cm³/mol. The fourth-order valence-electron chi connectivity index (χ4n) is 0. The Morgan fingerprint density at radius 3 is 1.50 bits per heavy atom. The summed E-state index contributed by atoms with van der Waals surface area (Å²) in [5.74, 6) is -2.56. The van der Waals surface area contributed by atoms with Gasteiger partial charge in [-0.2, -0.15) is 0 Å². The van der Waals surface area contributed by atoms with E-state index >= 15 is 0 Å².